The van der Waals surface area contributed by atoms with Crippen molar-refractivity contribution in [2.24, 2.45) is 0 Å². The summed E-state index contributed by atoms with van der Waals surface area (Å²) in [6.45, 7) is 2.81. The quantitative estimate of drug-likeness (QED) is 0.751. The van der Waals surface area contributed by atoms with E-state index in [4.69, 9.17) is 21.4 Å². The maximum atomic E-state index is 11.9. The van der Waals surface area contributed by atoms with E-state index in [2.05, 4.69) is 0 Å². The predicted molar refractivity (Wildman–Crippen MR) is 80.3 cm³/mol. The molecule has 0 aliphatic heterocycles. The fourth-order valence-corrected chi connectivity index (χ4v) is 1.84. The number of aryl methyl sites for hydroxylation is 1. The minimum atomic E-state index is -0.0541. The number of nitrogens with zero attached hydrogens (tertiary/aromatic N) is 1. The Labute approximate surface area is 125 Å². The summed E-state index contributed by atoms with van der Waals surface area (Å²) >= 11 is 5.93. The molecule has 1 aromatic carbocycles. The highest BCUT2D eigenvalue weighted by Crippen LogP contribution is 2.20. The zero-order chi connectivity index (χ0) is 15.0. The van der Waals surface area contributed by atoms with Gasteiger partial charge in [0.25, 0.3) is 5.91 Å². The van der Waals surface area contributed by atoms with E-state index in [9.17, 15) is 4.79 Å². The number of aliphatic hydroxyl groups is 1. The number of benzene rings is 1. The maximum absolute atomic E-state index is 11.9. The Kier molecular flexibility index (Phi) is 7.41. The number of carbonyl (C=O) groups excluding carboxylic acids is 1. The van der Waals surface area contributed by atoms with Crippen LogP contribution in [0.15, 0.2) is 18.2 Å². The highest BCUT2D eigenvalue weighted by Gasteiger charge is 2.09. The molecule has 1 aromatic rings. The van der Waals surface area contributed by atoms with Gasteiger partial charge >= 0.3 is 0 Å². The highest BCUT2D eigenvalue weighted by atomic mass is 35.5. The molecule has 0 spiro atoms. The smallest absolute Gasteiger partial charge is 0.260 e. The van der Waals surface area contributed by atoms with Crippen molar-refractivity contribution in [1.29, 1.82) is 0 Å². The van der Waals surface area contributed by atoms with Crippen molar-refractivity contribution in [3.63, 3.8) is 0 Å². The first kappa shape index (κ1) is 16.8. The summed E-state index contributed by atoms with van der Waals surface area (Å²) in [6.07, 6.45) is 2.59. The third-order valence-electron chi connectivity index (χ3n) is 3.07. The van der Waals surface area contributed by atoms with Crippen LogP contribution in [0.4, 0.5) is 0 Å². The summed E-state index contributed by atoms with van der Waals surface area (Å²) in [5.74, 6) is 0.593. The molecule has 0 radical (unpaired) electrons. The molecule has 0 atom stereocenters. The molecule has 0 unspecified atom stereocenters. The van der Waals surface area contributed by atoms with Crippen LogP contribution in [0.25, 0.3) is 0 Å². The molecule has 0 saturated heterocycles. The lowest BCUT2D eigenvalue weighted by Gasteiger charge is -2.17. The summed E-state index contributed by atoms with van der Waals surface area (Å²) in [5, 5.41) is 9.37. The van der Waals surface area contributed by atoms with Gasteiger partial charge in [-0.05, 0) is 49.9 Å². The summed E-state index contributed by atoms with van der Waals surface area (Å²) in [5.41, 5.74) is 0.925. The van der Waals surface area contributed by atoms with E-state index >= 15 is 0 Å². The Morgan fingerprint density at radius 2 is 2.10 bits per heavy atom. The molecule has 0 bridgehead atoms. The molecule has 0 aliphatic carbocycles. The number of likely N-dealkylation sites (N-methyl/N-ethyl adjacent to an activating group) is 1. The fraction of sp³-hybridized carbons (Fsp3) is 0.533. The first-order valence-electron chi connectivity index (χ1n) is 6.78. The average Bonchev–Trinajstić information content (AvgIpc) is 2.44. The summed E-state index contributed by atoms with van der Waals surface area (Å²) in [6, 6.07) is 5.33. The number of hydrogen-bond acceptors (Lipinski definition) is 3. The predicted octanol–water partition coefficient (Wildman–Crippen LogP) is 2.65. The van der Waals surface area contributed by atoms with Gasteiger partial charge in [-0.1, -0.05) is 11.6 Å². The minimum Gasteiger partial charge on any atom is -0.484 e. The number of unbranched alkanes of at least 4 members (excludes halogenated alkanes) is 2. The van der Waals surface area contributed by atoms with Gasteiger partial charge in [0.1, 0.15) is 5.75 Å². The Morgan fingerprint density at radius 1 is 1.35 bits per heavy atom. The topological polar surface area (TPSA) is 49.8 Å². The molecule has 4 nitrogen and oxygen atoms in total. The third-order valence-corrected chi connectivity index (χ3v) is 3.49. The number of carbonyl (C=O) groups is 1. The Morgan fingerprint density at radius 3 is 2.75 bits per heavy atom. The molecule has 1 rings (SSSR count). The summed E-state index contributed by atoms with van der Waals surface area (Å²) in [7, 11) is 1.76. The molecular weight excluding hydrogens is 278 g/mol. The van der Waals surface area contributed by atoms with Crippen molar-refractivity contribution in [1.82, 2.24) is 4.90 Å². The molecule has 0 heterocycles. The molecule has 112 valence electrons. The van der Waals surface area contributed by atoms with E-state index < -0.39 is 0 Å². The van der Waals surface area contributed by atoms with Crippen molar-refractivity contribution in [2.75, 3.05) is 26.8 Å². The van der Waals surface area contributed by atoms with Crippen molar-refractivity contribution in [3.8, 4) is 5.75 Å². The Hall–Kier alpha value is -1.26. The van der Waals surface area contributed by atoms with Crippen LogP contribution in [0, 0.1) is 6.92 Å². The molecule has 1 amide bonds. The normalized spacial score (nSPS) is 10.4. The summed E-state index contributed by atoms with van der Waals surface area (Å²) < 4.78 is 5.46. The monoisotopic (exact) mass is 299 g/mol. The summed E-state index contributed by atoms with van der Waals surface area (Å²) in [4.78, 5) is 13.5. The van der Waals surface area contributed by atoms with Crippen LogP contribution in [-0.4, -0.2) is 42.7 Å². The number of hydrogen-bond donors (Lipinski definition) is 1. The van der Waals surface area contributed by atoms with Gasteiger partial charge in [0, 0.05) is 25.2 Å². The number of ether oxygens (including phenoxy) is 1. The molecule has 5 heteroatoms. The number of aliphatic hydroxyl groups excluding tert-OH is 1. The molecule has 20 heavy (non-hydrogen) atoms. The largest absolute Gasteiger partial charge is 0.484 e. The van der Waals surface area contributed by atoms with E-state index in [1.165, 1.54) is 0 Å². The first-order chi connectivity index (χ1) is 9.54. The number of amides is 1. The molecular formula is C15H22ClNO3. The lowest BCUT2D eigenvalue weighted by Crippen LogP contribution is -2.32. The Balaban J connectivity index is 2.32. The molecule has 0 aromatic heterocycles. The first-order valence-corrected chi connectivity index (χ1v) is 7.16. The second-order valence-corrected chi connectivity index (χ2v) is 5.21. The second-order valence-electron chi connectivity index (χ2n) is 4.80. The van der Waals surface area contributed by atoms with Crippen LogP contribution in [-0.2, 0) is 4.79 Å². The van der Waals surface area contributed by atoms with Crippen LogP contribution in [0.1, 0.15) is 24.8 Å². The van der Waals surface area contributed by atoms with Crippen LogP contribution in [0.3, 0.4) is 0 Å². The lowest BCUT2D eigenvalue weighted by atomic mass is 10.2. The fourth-order valence-electron chi connectivity index (χ4n) is 1.72. The third kappa shape index (κ3) is 5.80. The molecule has 0 aliphatic rings. The second kappa shape index (κ2) is 8.82. The zero-order valence-corrected chi connectivity index (χ0v) is 12.8. The van der Waals surface area contributed by atoms with Crippen LogP contribution < -0.4 is 4.74 Å². The standard InChI is InChI=1S/C15H22ClNO3/c1-12-10-13(6-7-14(12)16)20-11-15(19)17(2)8-4-3-5-9-18/h6-7,10,18H,3-5,8-9,11H2,1-2H3. The van der Waals surface area contributed by atoms with Gasteiger partial charge in [0.15, 0.2) is 6.61 Å². The molecule has 0 fully saturated rings. The number of halogens is 1. The van der Waals surface area contributed by atoms with Crippen molar-refractivity contribution in [2.45, 2.75) is 26.2 Å². The van der Waals surface area contributed by atoms with E-state index in [1.54, 1.807) is 24.1 Å². The van der Waals surface area contributed by atoms with Gasteiger partial charge < -0.3 is 14.7 Å². The lowest BCUT2D eigenvalue weighted by molar-refractivity contribution is -0.132. The van der Waals surface area contributed by atoms with E-state index in [0.29, 0.717) is 17.3 Å². The van der Waals surface area contributed by atoms with Gasteiger partial charge in [-0.3, -0.25) is 4.79 Å². The van der Waals surface area contributed by atoms with Crippen molar-refractivity contribution >= 4 is 17.5 Å². The van der Waals surface area contributed by atoms with Gasteiger partial charge in [0.2, 0.25) is 0 Å². The zero-order valence-electron chi connectivity index (χ0n) is 12.1. The molecule has 1 N–H and O–H groups in total. The van der Waals surface area contributed by atoms with Crippen LogP contribution in [0.2, 0.25) is 5.02 Å². The van der Waals surface area contributed by atoms with Gasteiger partial charge in [0.05, 0.1) is 0 Å². The number of rotatable bonds is 8. The van der Waals surface area contributed by atoms with Crippen LogP contribution >= 0.6 is 11.6 Å². The van der Waals surface area contributed by atoms with Gasteiger partial charge in [-0.2, -0.15) is 0 Å². The highest BCUT2D eigenvalue weighted by molar-refractivity contribution is 6.31. The van der Waals surface area contributed by atoms with Gasteiger partial charge in [-0.25, -0.2) is 0 Å². The Bertz CT molecular complexity index is 437. The van der Waals surface area contributed by atoms with E-state index in [0.717, 1.165) is 24.8 Å². The maximum Gasteiger partial charge on any atom is 0.260 e. The minimum absolute atomic E-state index is 0.0254. The van der Waals surface area contributed by atoms with Crippen LogP contribution in [0.5, 0.6) is 5.75 Å². The van der Waals surface area contributed by atoms with E-state index in [-0.39, 0.29) is 19.1 Å². The van der Waals surface area contributed by atoms with Gasteiger partial charge in [-0.15, -0.1) is 0 Å². The molecule has 0 saturated carbocycles. The SMILES string of the molecule is Cc1cc(OCC(=O)N(C)CCCCCO)ccc1Cl. The van der Waals surface area contributed by atoms with Crippen molar-refractivity contribution < 1.29 is 14.6 Å². The van der Waals surface area contributed by atoms with Crippen molar-refractivity contribution in [3.05, 3.63) is 28.8 Å². The average molecular weight is 300 g/mol. The van der Waals surface area contributed by atoms with E-state index in [1.807, 2.05) is 13.0 Å².